The molecule has 2 aromatic carbocycles. The summed E-state index contributed by atoms with van der Waals surface area (Å²) in [5.74, 6) is 0. The Hall–Kier alpha value is -2.48. The summed E-state index contributed by atoms with van der Waals surface area (Å²) in [6, 6.07) is 13.5. The van der Waals surface area contributed by atoms with Crippen LogP contribution < -0.4 is 10.6 Å². The highest BCUT2D eigenvalue weighted by atomic mass is 35.5. The molecule has 1 heterocycles. The van der Waals surface area contributed by atoms with E-state index in [-0.39, 0.29) is 6.61 Å². The van der Waals surface area contributed by atoms with E-state index in [2.05, 4.69) is 15.5 Å². The number of benzene rings is 2. The molecule has 31 heavy (non-hydrogen) atoms. The lowest BCUT2D eigenvalue weighted by atomic mass is 10.1. The van der Waals surface area contributed by atoms with Crippen molar-refractivity contribution in [2.45, 2.75) is 25.4 Å². The summed E-state index contributed by atoms with van der Waals surface area (Å²) in [5.41, 5.74) is 1.04. The van der Waals surface area contributed by atoms with Gasteiger partial charge in [0.05, 0.1) is 0 Å². The average Bonchev–Trinajstić information content (AvgIpc) is 2.73. The smallest absolute Gasteiger partial charge is 0.412 e. The molecule has 3 rings (SSSR count). The molecule has 0 aliphatic carbocycles. The zero-order valence-corrected chi connectivity index (χ0v) is 18.5. The maximum atomic E-state index is 12.4. The third kappa shape index (κ3) is 8.28. The Balaban J connectivity index is 1.55. The second-order valence-corrected chi connectivity index (χ2v) is 8.13. The molecule has 0 radical (unpaired) electrons. The second-order valence-electron chi connectivity index (χ2n) is 7.26. The monoisotopic (exact) mass is 465 g/mol. The predicted molar refractivity (Wildman–Crippen MR) is 122 cm³/mol. The van der Waals surface area contributed by atoms with Crippen molar-refractivity contribution in [1.82, 2.24) is 4.90 Å². The summed E-state index contributed by atoms with van der Waals surface area (Å²) in [6.07, 6.45) is 1.47. The Bertz CT molecular complexity index is 891. The van der Waals surface area contributed by atoms with Crippen molar-refractivity contribution < 1.29 is 19.1 Å². The summed E-state index contributed by atoms with van der Waals surface area (Å²) >= 11 is 11.9. The molecule has 1 aliphatic heterocycles. The van der Waals surface area contributed by atoms with Crippen LogP contribution in [0, 0.1) is 0 Å². The maximum absolute atomic E-state index is 12.4. The highest BCUT2D eigenvalue weighted by Crippen LogP contribution is 2.17. The molecule has 1 aliphatic rings. The molecule has 7 nitrogen and oxygen atoms in total. The third-order valence-electron chi connectivity index (χ3n) is 4.73. The van der Waals surface area contributed by atoms with E-state index >= 15 is 0 Å². The Kier molecular flexibility index (Phi) is 8.82. The highest BCUT2D eigenvalue weighted by Gasteiger charge is 2.22. The quantitative estimate of drug-likeness (QED) is 0.552. The molecule has 2 amide bonds. The van der Waals surface area contributed by atoms with E-state index in [4.69, 9.17) is 32.7 Å². The SMILES string of the molecule is O=C(Nc1cccc(Cl)c1)OC[C@H](CN1CCCCC1)OC(=O)Nc1cccc(Cl)c1. The lowest BCUT2D eigenvalue weighted by molar-refractivity contribution is 0.0299. The molecule has 9 heteroatoms. The molecule has 0 spiro atoms. The molecule has 166 valence electrons. The van der Waals surface area contributed by atoms with E-state index < -0.39 is 18.3 Å². The van der Waals surface area contributed by atoms with Crippen LogP contribution in [0.15, 0.2) is 48.5 Å². The van der Waals surface area contributed by atoms with Crippen LogP contribution in [0.25, 0.3) is 0 Å². The van der Waals surface area contributed by atoms with Crippen LogP contribution >= 0.6 is 23.2 Å². The van der Waals surface area contributed by atoms with Gasteiger partial charge in [0.25, 0.3) is 0 Å². The van der Waals surface area contributed by atoms with Gasteiger partial charge in [-0.05, 0) is 62.3 Å². The van der Waals surface area contributed by atoms with Gasteiger partial charge in [0.2, 0.25) is 0 Å². The fourth-order valence-electron chi connectivity index (χ4n) is 3.31. The third-order valence-corrected chi connectivity index (χ3v) is 5.20. The van der Waals surface area contributed by atoms with Crippen molar-refractivity contribution in [3.63, 3.8) is 0 Å². The van der Waals surface area contributed by atoms with Gasteiger partial charge in [-0.25, -0.2) is 9.59 Å². The zero-order chi connectivity index (χ0) is 22.1. The number of carbonyl (C=O) groups is 2. The van der Waals surface area contributed by atoms with Crippen molar-refractivity contribution in [2.24, 2.45) is 0 Å². The number of hydrogen-bond donors (Lipinski definition) is 2. The number of likely N-dealkylation sites (tertiary alicyclic amines) is 1. The number of amides is 2. The summed E-state index contributed by atoms with van der Waals surface area (Å²) in [6.45, 7) is 2.24. The molecular formula is C22H25Cl2N3O4. The maximum Gasteiger partial charge on any atom is 0.412 e. The number of carbonyl (C=O) groups excluding carboxylic acids is 2. The van der Waals surface area contributed by atoms with Crippen LogP contribution in [-0.2, 0) is 9.47 Å². The molecule has 1 atom stereocenters. The normalized spacial score (nSPS) is 15.0. The summed E-state index contributed by atoms with van der Waals surface area (Å²) < 4.78 is 10.9. The van der Waals surface area contributed by atoms with Crippen molar-refractivity contribution in [1.29, 1.82) is 0 Å². The zero-order valence-electron chi connectivity index (χ0n) is 17.0. The first kappa shape index (κ1) is 23.2. The van der Waals surface area contributed by atoms with Crippen molar-refractivity contribution in [2.75, 3.05) is 36.9 Å². The van der Waals surface area contributed by atoms with Crippen LogP contribution in [0.3, 0.4) is 0 Å². The molecule has 2 N–H and O–H groups in total. The summed E-state index contributed by atoms with van der Waals surface area (Å²) in [7, 11) is 0. The molecule has 0 saturated carbocycles. The van der Waals surface area contributed by atoms with Crippen LogP contribution in [-0.4, -0.2) is 49.4 Å². The molecule has 1 fully saturated rings. The van der Waals surface area contributed by atoms with E-state index in [9.17, 15) is 9.59 Å². The molecule has 2 aromatic rings. The van der Waals surface area contributed by atoms with E-state index in [1.54, 1.807) is 48.5 Å². The topological polar surface area (TPSA) is 79.9 Å². The average molecular weight is 466 g/mol. The van der Waals surface area contributed by atoms with Crippen LogP contribution in [0.2, 0.25) is 10.0 Å². The number of nitrogens with one attached hydrogen (secondary N) is 2. The van der Waals surface area contributed by atoms with Gasteiger partial charge in [-0.1, -0.05) is 41.8 Å². The molecular weight excluding hydrogens is 441 g/mol. The van der Waals surface area contributed by atoms with Crippen LogP contribution in [0.1, 0.15) is 19.3 Å². The first-order chi connectivity index (χ1) is 15.0. The van der Waals surface area contributed by atoms with Gasteiger partial charge in [-0.15, -0.1) is 0 Å². The predicted octanol–water partition coefficient (Wildman–Crippen LogP) is 5.65. The molecule has 1 saturated heterocycles. The Morgan fingerprint density at radius 3 is 2.06 bits per heavy atom. The minimum Gasteiger partial charge on any atom is -0.445 e. The fraction of sp³-hybridized carbons (Fsp3) is 0.364. The number of halogens is 2. The van der Waals surface area contributed by atoms with E-state index in [1.807, 2.05) is 0 Å². The highest BCUT2D eigenvalue weighted by molar-refractivity contribution is 6.31. The van der Waals surface area contributed by atoms with Gasteiger partial charge in [0.15, 0.2) is 6.10 Å². The minimum absolute atomic E-state index is 0.0775. The van der Waals surface area contributed by atoms with E-state index in [1.165, 1.54) is 6.42 Å². The first-order valence-corrected chi connectivity index (χ1v) is 10.9. The Labute approximate surface area is 191 Å². The molecule has 0 unspecified atom stereocenters. The standard InChI is InChI=1S/C22H25Cl2N3O4/c23-16-6-4-8-18(12-16)25-21(28)30-15-20(14-27-10-2-1-3-11-27)31-22(29)26-19-9-5-7-17(24)13-19/h4-9,12-13,20H,1-3,10-11,14-15H2,(H,25,28)(H,26,29)/t20-/m0/s1. The molecule has 0 bridgehead atoms. The number of rotatable bonds is 7. The minimum atomic E-state index is -0.648. The number of anilines is 2. The Morgan fingerprint density at radius 2 is 1.48 bits per heavy atom. The number of hydrogen-bond acceptors (Lipinski definition) is 5. The largest absolute Gasteiger partial charge is 0.445 e. The number of piperidine rings is 1. The second kappa shape index (κ2) is 11.8. The van der Waals surface area contributed by atoms with Gasteiger partial charge in [0, 0.05) is 28.0 Å². The number of ether oxygens (including phenoxy) is 2. The fourth-order valence-corrected chi connectivity index (χ4v) is 3.69. The Morgan fingerprint density at radius 1 is 0.903 bits per heavy atom. The summed E-state index contributed by atoms with van der Waals surface area (Å²) in [4.78, 5) is 26.8. The summed E-state index contributed by atoms with van der Waals surface area (Å²) in [5, 5.41) is 6.27. The van der Waals surface area contributed by atoms with Crippen molar-refractivity contribution >= 4 is 46.8 Å². The van der Waals surface area contributed by atoms with Gasteiger partial charge in [0.1, 0.15) is 6.61 Å². The number of nitrogens with zero attached hydrogens (tertiary/aromatic N) is 1. The van der Waals surface area contributed by atoms with Gasteiger partial charge in [-0.2, -0.15) is 0 Å². The van der Waals surface area contributed by atoms with Crippen molar-refractivity contribution in [3.05, 3.63) is 58.6 Å². The molecule has 0 aromatic heterocycles. The van der Waals surface area contributed by atoms with Gasteiger partial charge < -0.3 is 9.47 Å². The van der Waals surface area contributed by atoms with Gasteiger partial charge >= 0.3 is 12.2 Å². The lowest BCUT2D eigenvalue weighted by Crippen LogP contribution is -2.41. The van der Waals surface area contributed by atoms with E-state index in [0.29, 0.717) is 28.0 Å². The van der Waals surface area contributed by atoms with Crippen molar-refractivity contribution in [3.8, 4) is 0 Å². The lowest BCUT2D eigenvalue weighted by Gasteiger charge is -2.30. The van der Waals surface area contributed by atoms with Crippen LogP contribution in [0.4, 0.5) is 21.0 Å². The van der Waals surface area contributed by atoms with Crippen LogP contribution in [0.5, 0.6) is 0 Å². The first-order valence-electron chi connectivity index (χ1n) is 10.1. The van der Waals surface area contributed by atoms with Gasteiger partial charge in [-0.3, -0.25) is 15.5 Å². The van der Waals surface area contributed by atoms with E-state index in [0.717, 1.165) is 25.9 Å².